The van der Waals surface area contributed by atoms with Gasteiger partial charge >= 0.3 is 0 Å². The lowest BCUT2D eigenvalue weighted by atomic mass is 10.2. The minimum atomic E-state index is 0.209. The summed E-state index contributed by atoms with van der Waals surface area (Å²) < 4.78 is 0. The van der Waals surface area contributed by atoms with Gasteiger partial charge < -0.3 is 9.80 Å². The molecule has 25 heavy (non-hydrogen) atoms. The Morgan fingerprint density at radius 3 is 2.56 bits per heavy atom. The Labute approximate surface area is 153 Å². The van der Waals surface area contributed by atoms with Crippen LogP contribution in [-0.2, 0) is 11.2 Å². The molecule has 2 aliphatic rings. The van der Waals surface area contributed by atoms with Gasteiger partial charge in [-0.25, -0.2) is 0 Å². The molecule has 1 fully saturated rings. The number of benzene rings is 2. The molecule has 0 spiro atoms. The zero-order valence-corrected chi connectivity index (χ0v) is 15.0. The Bertz CT molecular complexity index is 771. The number of hydrogen-bond acceptors (Lipinski definition) is 3. The second-order valence-electron chi connectivity index (χ2n) is 6.67. The van der Waals surface area contributed by atoms with Crippen LogP contribution in [0, 0.1) is 0 Å². The van der Waals surface area contributed by atoms with Crippen molar-refractivity contribution in [2.24, 2.45) is 0 Å². The van der Waals surface area contributed by atoms with Gasteiger partial charge in [-0.05, 0) is 36.2 Å². The molecule has 2 heterocycles. The number of para-hydroxylation sites is 1. The summed E-state index contributed by atoms with van der Waals surface area (Å²) >= 11 is 6.09. The number of amides is 1. The molecule has 1 saturated heterocycles. The maximum absolute atomic E-state index is 12.7. The third-order valence-electron chi connectivity index (χ3n) is 5.09. The first-order valence-corrected chi connectivity index (χ1v) is 9.20. The maximum Gasteiger partial charge on any atom is 0.241 e. The Kier molecular flexibility index (Phi) is 4.64. The lowest BCUT2D eigenvalue weighted by Gasteiger charge is -2.36. The van der Waals surface area contributed by atoms with Crippen LogP contribution in [0.2, 0.25) is 5.02 Å². The Hall–Kier alpha value is -2.04. The third kappa shape index (κ3) is 3.51. The monoisotopic (exact) mass is 355 g/mol. The molecule has 4 rings (SSSR count). The molecule has 130 valence electrons. The van der Waals surface area contributed by atoms with Crippen molar-refractivity contribution in [2.45, 2.75) is 6.42 Å². The van der Waals surface area contributed by atoms with Crippen LogP contribution in [0.4, 0.5) is 11.4 Å². The van der Waals surface area contributed by atoms with E-state index in [0.717, 1.165) is 55.5 Å². The van der Waals surface area contributed by atoms with E-state index in [9.17, 15) is 4.79 Å². The molecule has 2 aromatic carbocycles. The number of halogens is 1. The molecule has 0 N–H and O–H groups in total. The summed E-state index contributed by atoms with van der Waals surface area (Å²) in [5.74, 6) is 0.209. The molecule has 4 nitrogen and oxygen atoms in total. The SMILES string of the molecule is O=C(CN1CCN(c2cccc(Cl)c2)CC1)N1CCc2ccccc21. The maximum atomic E-state index is 12.7. The summed E-state index contributed by atoms with van der Waals surface area (Å²) in [7, 11) is 0. The van der Waals surface area contributed by atoms with Gasteiger partial charge in [0.05, 0.1) is 6.54 Å². The first-order chi connectivity index (χ1) is 12.2. The highest BCUT2D eigenvalue weighted by molar-refractivity contribution is 6.30. The van der Waals surface area contributed by atoms with Crippen molar-refractivity contribution in [2.75, 3.05) is 49.1 Å². The highest BCUT2D eigenvalue weighted by Gasteiger charge is 2.26. The van der Waals surface area contributed by atoms with Crippen LogP contribution in [0.25, 0.3) is 0 Å². The smallest absolute Gasteiger partial charge is 0.241 e. The molecule has 1 amide bonds. The van der Waals surface area contributed by atoms with Gasteiger partial charge in [-0.3, -0.25) is 9.69 Å². The van der Waals surface area contributed by atoms with Crippen LogP contribution in [-0.4, -0.2) is 50.1 Å². The average molecular weight is 356 g/mol. The molecule has 0 radical (unpaired) electrons. The fourth-order valence-electron chi connectivity index (χ4n) is 3.71. The number of rotatable bonds is 3. The zero-order chi connectivity index (χ0) is 17.2. The summed E-state index contributed by atoms with van der Waals surface area (Å²) in [6.07, 6.45) is 0.963. The molecule has 0 aromatic heterocycles. The van der Waals surface area contributed by atoms with Crippen molar-refractivity contribution < 1.29 is 4.79 Å². The van der Waals surface area contributed by atoms with Crippen molar-refractivity contribution in [3.63, 3.8) is 0 Å². The first kappa shape index (κ1) is 16.4. The number of anilines is 2. The molecule has 0 saturated carbocycles. The predicted molar refractivity (Wildman–Crippen MR) is 103 cm³/mol. The number of nitrogens with zero attached hydrogens (tertiary/aromatic N) is 3. The largest absolute Gasteiger partial charge is 0.369 e. The van der Waals surface area contributed by atoms with Crippen LogP contribution in [0.1, 0.15) is 5.56 Å². The fourth-order valence-corrected chi connectivity index (χ4v) is 3.90. The van der Waals surface area contributed by atoms with E-state index in [1.165, 1.54) is 5.56 Å². The van der Waals surface area contributed by atoms with Gasteiger partial charge in [0.15, 0.2) is 0 Å². The van der Waals surface area contributed by atoms with E-state index in [1.54, 1.807) is 0 Å². The molecule has 2 aliphatic heterocycles. The molecule has 0 aliphatic carbocycles. The Morgan fingerprint density at radius 2 is 1.76 bits per heavy atom. The molecular weight excluding hydrogens is 334 g/mol. The van der Waals surface area contributed by atoms with E-state index >= 15 is 0 Å². The van der Waals surface area contributed by atoms with E-state index in [0.29, 0.717) is 6.54 Å². The van der Waals surface area contributed by atoms with Crippen LogP contribution < -0.4 is 9.80 Å². The quantitative estimate of drug-likeness (QED) is 0.846. The molecule has 5 heteroatoms. The number of fused-ring (bicyclic) bond motifs is 1. The van der Waals surface area contributed by atoms with E-state index in [2.05, 4.69) is 28.0 Å². The Morgan fingerprint density at radius 1 is 0.960 bits per heavy atom. The highest BCUT2D eigenvalue weighted by Crippen LogP contribution is 2.27. The predicted octanol–water partition coefficient (Wildman–Crippen LogP) is 3.05. The highest BCUT2D eigenvalue weighted by atomic mass is 35.5. The van der Waals surface area contributed by atoms with E-state index in [-0.39, 0.29) is 5.91 Å². The summed E-state index contributed by atoms with van der Waals surface area (Å²) in [6, 6.07) is 16.2. The van der Waals surface area contributed by atoms with Gasteiger partial charge in [-0.1, -0.05) is 35.9 Å². The third-order valence-corrected chi connectivity index (χ3v) is 5.33. The summed E-state index contributed by atoms with van der Waals surface area (Å²) in [5, 5.41) is 0.766. The average Bonchev–Trinajstić information content (AvgIpc) is 3.06. The molecule has 2 aromatic rings. The first-order valence-electron chi connectivity index (χ1n) is 8.82. The molecule has 0 bridgehead atoms. The summed E-state index contributed by atoms with van der Waals surface area (Å²) in [6.45, 7) is 4.94. The lowest BCUT2D eigenvalue weighted by Crippen LogP contribution is -2.50. The van der Waals surface area contributed by atoms with Crippen molar-refractivity contribution in [3.8, 4) is 0 Å². The number of hydrogen-bond donors (Lipinski definition) is 0. The van der Waals surface area contributed by atoms with Gasteiger partial charge in [0.2, 0.25) is 5.91 Å². The normalized spacial score (nSPS) is 17.6. The van der Waals surface area contributed by atoms with Crippen LogP contribution >= 0.6 is 11.6 Å². The number of carbonyl (C=O) groups excluding carboxylic acids is 1. The van der Waals surface area contributed by atoms with Crippen LogP contribution in [0.3, 0.4) is 0 Å². The number of piperazine rings is 1. The fraction of sp³-hybridized carbons (Fsp3) is 0.350. The zero-order valence-electron chi connectivity index (χ0n) is 14.2. The van der Waals surface area contributed by atoms with Crippen molar-refractivity contribution >= 4 is 28.9 Å². The number of carbonyl (C=O) groups is 1. The molecule has 0 atom stereocenters. The van der Waals surface area contributed by atoms with Gasteiger partial charge in [-0.15, -0.1) is 0 Å². The summed E-state index contributed by atoms with van der Waals surface area (Å²) in [4.78, 5) is 19.3. The van der Waals surface area contributed by atoms with Crippen molar-refractivity contribution in [1.82, 2.24) is 4.90 Å². The lowest BCUT2D eigenvalue weighted by molar-refractivity contribution is -0.119. The van der Waals surface area contributed by atoms with Crippen molar-refractivity contribution in [1.29, 1.82) is 0 Å². The van der Waals surface area contributed by atoms with E-state index in [1.807, 2.05) is 35.2 Å². The summed E-state index contributed by atoms with van der Waals surface area (Å²) in [5.41, 5.74) is 3.53. The molecular formula is C20H22ClN3O. The standard InChI is InChI=1S/C20H22ClN3O/c21-17-5-3-6-18(14-17)23-12-10-22(11-13-23)15-20(25)24-9-8-16-4-1-2-7-19(16)24/h1-7,14H,8-13,15H2. The minimum Gasteiger partial charge on any atom is -0.369 e. The van der Waals surface area contributed by atoms with Gasteiger partial charge in [0, 0.05) is 49.1 Å². The van der Waals surface area contributed by atoms with Crippen molar-refractivity contribution in [3.05, 3.63) is 59.1 Å². The van der Waals surface area contributed by atoms with Crippen LogP contribution in [0.5, 0.6) is 0 Å². The second-order valence-corrected chi connectivity index (χ2v) is 7.10. The van der Waals surface area contributed by atoms with E-state index in [4.69, 9.17) is 11.6 Å². The van der Waals surface area contributed by atoms with Gasteiger partial charge in [0.1, 0.15) is 0 Å². The van der Waals surface area contributed by atoms with Gasteiger partial charge in [0.25, 0.3) is 0 Å². The van der Waals surface area contributed by atoms with Crippen LogP contribution in [0.15, 0.2) is 48.5 Å². The second kappa shape index (κ2) is 7.06. The van der Waals surface area contributed by atoms with Gasteiger partial charge in [-0.2, -0.15) is 0 Å². The Balaban J connectivity index is 1.34. The molecule has 0 unspecified atom stereocenters. The van der Waals surface area contributed by atoms with E-state index < -0.39 is 0 Å². The minimum absolute atomic E-state index is 0.209. The topological polar surface area (TPSA) is 26.8 Å².